The topological polar surface area (TPSA) is 79.0 Å². The summed E-state index contributed by atoms with van der Waals surface area (Å²) in [5, 5.41) is 2.94. The predicted molar refractivity (Wildman–Crippen MR) is 118 cm³/mol. The van der Waals surface area contributed by atoms with Gasteiger partial charge in [0.25, 0.3) is 5.91 Å². The molecule has 0 saturated carbocycles. The molecule has 0 bridgehead atoms. The van der Waals surface area contributed by atoms with E-state index in [9.17, 15) is 13.2 Å². The first-order valence-electron chi connectivity index (χ1n) is 10.8. The van der Waals surface area contributed by atoms with Gasteiger partial charge in [-0.25, -0.2) is 8.42 Å². The Labute approximate surface area is 184 Å². The zero-order chi connectivity index (χ0) is 21.7. The molecule has 0 unspecified atom stereocenters. The van der Waals surface area contributed by atoms with E-state index in [1.807, 2.05) is 0 Å². The summed E-state index contributed by atoms with van der Waals surface area (Å²) in [4.78, 5) is 15.0. The van der Waals surface area contributed by atoms with Crippen molar-refractivity contribution in [3.63, 3.8) is 0 Å². The quantitative estimate of drug-likeness (QED) is 0.661. The van der Waals surface area contributed by atoms with E-state index in [2.05, 4.69) is 34.5 Å². The average molecular weight is 444 g/mol. The van der Waals surface area contributed by atoms with Crippen LogP contribution in [0.1, 0.15) is 27.9 Å². The second-order valence-corrected chi connectivity index (χ2v) is 9.88. The van der Waals surface area contributed by atoms with E-state index >= 15 is 0 Å². The lowest BCUT2D eigenvalue weighted by atomic mass is 10.00. The van der Waals surface area contributed by atoms with Gasteiger partial charge in [-0.15, -0.1) is 0 Å². The van der Waals surface area contributed by atoms with Gasteiger partial charge in [0.15, 0.2) is 0 Å². The molecule has 166 valence electrons. The number of carbonyl (C=O) groups is 1. The highest BCUT2D eigenvalue weighted by atomic mass is 32.2. The number of hydrogen-bond donors (Lipinski definition) is 1. The number of rotatable bonds is 7. The van der Waals surface area contributed by atoms with Crippen molar-refractivity contribution in [3.05, 3.63) is 65.2 Å². The number of sulfonamides is 1. The van der Waals surface area contributed by atoms with Crippen molar-refractivity contribution < 1.29 is 17.9 Å². The molecule has 8 heteroatoms. The predicted octanol–water partition coefficient (Wildman–Crippen LogP) is 1.89. The molecular formula is C23H29N3O4S. The van der Waals surface area contributed by atoms with Crippen LogP contribution in [0.4, 0.5) is 0 Å². The number of fused-ring (bicyclic) bond motifs is 1. The molecule has 4 rings (SSSR count). The van der Waals surface area contributed by atoms with Crippen LogP contribution >= 0.6 is 0 Å². The van der Waals surface area contributed by atoms with Crippen LogP contribution in [0.2, 0.25) is 0 Å². The van der Waals surface area contributed by atoms with Crippen LogP contribution in [0.25, 0.3) is 0 Å². The zero-order valence-corrected chi connectivity index (χ0v) is 18.4. The summed E-state index contributed by atoms with van der Waals surface area (Å²) in [6, 6.07) is 14.7. The third-order valence-corrected chi connectivity index (χ3v) is 7.78. The largest absolute Gasteiger partial charge is 0.379 e. The van der Waals surface area contributed by atoms with Crippen molar-refractivity contribution in [3.8, 4) is 0 Å². The van der Waals surface area contributed by atoms with Crippen LogP contribution in [0.5, 0.6) is 0 Å². The van der Waals surface area contributed by atoms with Gasteiger partial charge in [0.05, 0.1) is 18.1 Å². The maximum absolute atomic E-state index is 12.7. The van der Waals surface area contributed by atoms with E-state index in [1.54, 1.807) is 12.1 Å². The zero-order valence-electron chi connectivity index (χ0n) is 17.6. The molecule has 2 aliphatic heterocycles. The van der Waals surface area contributed by atoms with Gasteiger partial charge in [0.2, 0.25) is 10.0 Å². The number of amides is 1. The average Bonchev–Trinajstić information content (AvgIpc) is 2.82. The standard InChI is InChI=1S/C23H29N3O4S/c27-23(24-11-3-12-25-13-10-19-4-1-2-5-21(19)18-25)20-6-8-22(9-7-20)31(28,29)26-14-16-30-17-15-26/h1-2,4-9H,3,10-18H2,(H,24,27). The summed E-state index contributed by atoms with van der Waals surface area (Å²) in [6.45, 7) is 5.05. The number of nitrogens with one attached hydrogen (secondary N) is 1. The van der Waals surface area contributed by atoms with E-state index in [4.69, 9.17) is 4.74 Å². The van der Waals surface area contributed by atoms with Gasteiger partial charge in [-0.2, -0.15) is 4.31 Å². The van der Waals surface area contributed by atoms with Crippen LogP contribution in [-0.4, -0.2) is 69.5 Å². The molecule has 0 aromatic heterocycles. The highest BCUT2D eigenvalue weighted by Crippen LogP contribution is 2.19. The van der Waals surface area contributed by atoms with Crippen LogP contribution in [-0.2, 0) is 27.7 Å². The summed E-state index contributed by atoms with van der Waals surface area (Å²) in [7, 11) is -3.54. The van der Waals surface area contributed by atoms with Gasteiger partial charge < -0.3 is 10.1 Å². The van der Waals surface area contributed by atoms with Crippen molar-refractivity contribution >= 4 is 15.9 Å². The van der Waals surface area contributed by atoms with Gasteiger partial charge in [-0.05, 0) is 48.2 Å². The summed E-state index contributed by atoms with van der Waals surface area (Å²) >= 11 is 0. The molecule has 2 aliphatic rings. The van der Waals surface area contributed by atoms with Gasteiger partial charge >= 0.3 is 0 Å². The Balaban J connectivity index is 1.24. The number of hydrogen-bond acceptors (Lipinski definition) is 5. The number of carbonyl (C=O) groups excluding carboxylic acids is 1. The second-order valence-electron chi connectivity index (χ2n) is 7.95. The number of ether oxygens (including phenoxy) is 1. The van der Waals surface area contributed by atoms with Gasteiger partial charge in [0, 0.05) is 44.8 Å². The molecule has 1 fully saturated rings. The molecule has 0 aliphatic carbocycles. The Morgan fingerprint density at radius 1 is 0.968 bits per heavy atom. The Morgan fingerprint density at radius 3 is 2.42 bits per heavy atom. The fourth-order valence-electron chi connectivity index (χ4n) is 4.07. The van der Waals surface area contributed by atoms with Crippen molar-refractivity contribution in [2.45, 2.75) is 24.3 Å². The van der Waals surface area contributed by atoms with Crippen LogP contribution in [0.15, 0.2) is 53.4 Å². The smallest absolute Gasteiger partial charge is 0.251 e. The molecular weight excluding hydrogens is 414 g/mol. The highest BCUT2D eigenvalue weighted by molar-refractivity contribution is 7.89. The van der Waals surface area contributed by atoms with Crippen molar-refractivity contribution in [2.24, 2.45) is 0 Å². The molecule has 1 saturated heterocycles. The minimum absolute atomic E-state index is 0.181. The lowest BCUT2D eigenvalue weighted by molar-refractivity contribution is 0.0730. The normalized spacial score (nSPS) is 17.8. The minimum atomic E-state index is -3.54. The first-order valence-corrected chi connectivity index (χ1v) is 12.2. The Kier molecular flexibility index (Phi) is 7.02. The lowest BCUT2D eigenvalue weighted by Gasteiger charge is -2.28. The van der Waals surface area contributed by atoms with E-state index in [1.165, 1.54) is 27.6 Å². The monoisotopic (exact) mass is 443 g/mol. The molecule has 2 heterocycles. The first-order chi connectivity index (χ1) is 15.0. The molecule has 0 spiro atoms. The second kappa shape index (κ2) is 9.91. The molecule has 1 N–H and O–H groups in total. The minimum Gasteiger partial charge on any atom is -0.379 e. The van der Waals surface area contributed by atoms with Gasteiger partial charge in [0.1, 0.15) is 0 Å². The molecule has 7 nitrogen and oxygen atoms in total. The van der Waals surface area contributed by atoms with E-state index in [-0.39, 0.29) is 10.8 Å². The number of morpholine rings is 1. The lowest BCUT2D eigenvalue weighted by Crippen LogP contribution is -2.40. The van der Waals surface area contributed by atoms with E-state index in [0.717, 1.165) is 32.5 Å². The van der Waals surface area contributed by atoms with Crippen molar-refractivity contribution in [1.29, 1.82) is 0 Å². The maximum atomic E-state index is 12.7. The van der Waals surface area contributed by atoms with Crippen LogP contribution in [0, 0.1) is 0 Å². The maximum Gasteiger partial charge on any atom is 0.251 e. The summed E-state index contributed by atoms with van der Waals surface area (Å²) in [5.74, 6) is -0.181. The van der Waals surface area contributed by atoms with Crippen molar-refractivity contribution in [1.82, 2.24) is 14.5 Å². The van der Waals surface area contributed by atoms with Gasteiger partial charge in [-0.3, -0.25) is 9.69 Å². The van der Waals surface area contributed by atoms with Crippen molar-refractivity contribution in [2.75, 3.05) is 45.9 Å². The highest BCUT2D eigenvalue weighted by Gasteiger charge is 2.26. The van der Waals surface area contributed by atoms with Crippen LogP contribution in [0.3, 0.4) is 0 Å². The fourth-order valence-corrected chi connectivity index (χ4v) is 5.47. The summed E-state index contributed by atoms with van der Waals surface area (Å²) < 4.78 is 32.0. The third kappa shape index (κ3) is 5.33. The van der Waals surface area contributed by atoms with E-state index in [0.29, 0.717) is 38.4 Å². The van der Waals surface area contributed by atoms with E-state index < -0.39 is 10.0 Å². The number of benzene rings is 2. The fraction of sp³-hybridized carbons (Fsp3) is 0.435. The Bertz CT molecular complexity index is 1000. The first kappa shape index (κ1) is 22.0. The molecule has 0 radical (unpaired) electrons. The Hall–Kier alpha value is -2.26. The summed E-state index contributed by atoms with van der Waals surface area (Å²) in [6.07, 6.45) is 1.94. The SMILES string of the molecule is O=C(NCCCN1CCc2ccccc2C1)c1ccc(S(=O)(=O)N2CCOCC2)cc1. The van der Waals surface area contributed by atoms with Gasteiger partial charge in [-0.1, -0.05) is 24.3 Å². The molecule has 2 aromatic rings. The molecule has 0 atom stereocenters. The molecule has 31 heavy (non-hydrogen) atoms. The number of nitrogens with zero attached hydrogens (tertiary/aromatic N) is 2. The Morgan fingerprint density at radius 2 is 1.68 bits per heavy atom. The van der Waals surface area contributed by atoms with Crippen LogP contribution < -0.4 is 5.32 Å². The third-order valence-electron chi connectivity index (χ3n) is 5.87. The summed E-state index contributed by atoms with van der Waals surface area (Å²) in [5.41, 5.74) is 3.30. The molecule has 1 amide bonds. The molecule has 2 aromatic carbocycles.